The number of likely N-dealkylation sites (tertiary alicyclic amines) is 1. The second kappa shape index (κ2) is 9.10. The molecular formula is C26H25NO4S. The number of benzene rings is 3. The zero-order chi connectivity index (χ0) is 21.9. The van der Waals surface area contributed by atoms with Crippen LogP contribution < -0.4 is 9.47 Å². The van der Waals surface area contributed by atoms with Gasteiger partial charge in [-0.1, -0.05) is 0 Å². The van der Waals surface area contributed by atoms with Gasteiger partial charge < -0.3 is 19.7 Å². The lowest BCUT2D eigenvalue weighted by molar-refractivity contribution is 0.237. The monoisotopic (exact) mass is 447 g/mol. The van der Waals surface area contributed by atoms with Crippen LogP contribution in [0.25, 0.3) is 20.5 Å². The van der Waals surface area contributed by atoms with Gasteiger partial charge in [0.2, 0.25) is 0 Å². The van der Waals surface area contributed by atoms with Gasteiger partial charge in [-0.05, 0) is 98.2 Å². The highest BCUT2D eigenvalue weighted by atomic mass is 32.1. The molecule has 2 N–H and O–H groups in total. The number of rotatable bonds is 7. The zero-order valence-corrected chi connectivity index (χ0v) is 18.5. The van der Waals surface area contributed by atoms with Crippen LogP contribution in [-0.2, 0) is 0 Å². The number of aromatic hydroxyl groups is 2. The van der Waals surface area contributed by atoms with Crippen molar-refractivity contribution >= 4 is 21.4 Å². The molecule has 164 valence electrons. The third-order valence-corrected chi connectivity index (χ3v) is 6.86. The van der Waals surface area contributed by atoms with E-state index in [9.17, 15) is 10.2 Å². The summed E-state index contributed by atoms with van der Waals surface area (Å²) in [4.78, 5) is 3.37. The van der Waals surface area contributed by atoms with Crippen LogP contribution in [0.4, 0.5) is 0 Å². The summed E-state index contributed by atoms with van der Waals surface area (Å²) in [5.41, 5.74) is 0.945. The molecule has 0 spiro atoms. The molecule has 5 nitrogen and oxygen atoms in total. The van der Waals surface area contributed by atoms with Crippen molar-refractivity contribution in [1.82, 2.24) is 4.90 Å². The molecule has 1 aromatic heterocycles. The van der Waals surface area contributed by atoms with E-state index in [2.05, 4.69) is 4.90 Å². The number of hydrogen-bond acceptors (Lipinski definition) is 6. The highest BCUT2D eigenvalue weighted by molar-refractivity contribution is 7.22. The minimum Gasteiger partial charge on any atom is -0.508 e. The highest BCUT2D eigenvalue weighted by Crippen LogP contribution is 2.47. The topological polar surface area (TPSA) is 62.2 Å². The first-order valence-corrected chi connectivity index (χ1v) is 11.7. The largest absolute Gasteiger partial charge is 0.508 e. The number of ether oxygens (including phenoxy) is 2. The van der Waals surface area contributed by atoms with Crippen molar-refractivity contribution < 1.29 is 19.7 Å². The van der Waals surface area contributed by atoms with Crippen LogP contribution in [0, 0.1) is 0 Å². The summed E-state index contributed by atoms with van der Waals surface area (Å²) in [6.07, 6.45) is 2.57. The number of nitrogens with zero attached hydrogens (tertiary/aromatic N) is 1. The Balaban J connectivity index is 1.37. The van der Waals surface area contributed by atoms with E-state index in [1.807, 2.05) is 42.5 Å². The fourth-order valence-electron chi connectivity index (χ4n) is 3.99. The normalized spacial score (nSPS) is 14.1. The highest BCUT2D eigenvalue weighted by Gasteiger charge is 2.17. The van der Waals surface area contributed by atoms with Crippen LogP contribution in [0.15, 0.2) is 66.7 Å². The van der Waals surface area contributed by atoms with Crippen LogP contribution in [0.2, 0.25) is 0 Å². The van der Waals surface area contributed by atoms with Gasteiger partial charge in [0.05, 0.1) is 4.88 Å². The SMILES string of the molecule is Oc1ccc(-c2sc3cc(O)ccc3c2Oc2ccc(OCCN3CCCC3)cc2)cc1. The Morgan fingerprint density at radius 2 is 1.50 bits per heavy atom. The van der Waals surface area contributed by atoms with Crippen molar-refractivity contribution in [2.24, 2.45) is 0 Å². The summed E-state index contributed by atoms with van der Waals surface area (Å²) in [7, 11) is 0. The second-order valence-corrected chi connectivity index (χ2v) is 9.01. The molecule has 32 heavy (non-hydrogen) atoms. The molecule has 6 heteroatoms. The molecule has 1 aliphatic rings. The molecule has 2 heterocycles. The van der Waals surface area contributed by atoms with Crippen molar-refractivity contribution in [3.05, 3.63) is 66.7 Å². The third-order valence-electron chi connectivity index (χ3n) is 5.68. The molecule has 0 unspecified atom stereocenters. The van der Waals surface area contributed by atoms with Gasteiger partial charge in [0, 0.05) is 16.6 Å². The molecule has 0 saturated carbocycles. The summed E-state index contributed by atoms with van der Waals surface area (Å²) >= 11 is 1.55. The quantitative estimate of drug-likeness (QED) is 0.351. The fraction of sp³-hybridized carbons (Fsp3) is 0.231. The predicted octanol–water partition coefficient (Wildman–Crippen LogP) is 6.25. The zero-order valence-electron chi connectivity index (χ0n) is 17.7. The Bertz CT molecular complexity index is 1200. The van der Waals surface area contributed by atoms with Gasteiger partial charge in [-0.15, -0.1) is 11.3 Å². The van der Waals surface area contributed by atoms with Gasteiger partial charge in [-0.3, -0.25) is 4.90 Å². The van der Waals surface area contributed by atoms with Gasteiger partial charge >= 0.3 is 0 Å². The molecule has 0 aliphatic carbocycles. The Kier molecular flexibility index (Phi) is 5.88. The summed E-state index contributed by atoms with van der Waals surface area (Å²) in [6.45, 7) is 3.99. The molecule has 1 fully saturated rings. The van der Waals surface area contributed by atoms with Gasteiger partial charge in [-0.2, -0.15) is 0 Å². The molecule has 0 radical (unpaired) electrons. The third kappa shape index (κ3) is 4.52. The molecule has 0 amide bonds. The van der Waals surface area contributed by atoms with Crippen LogP contribution in [0.1, 0.15) is 12.8 Å². The summed E-state index contributed by atoms with van der Waals surface area (Å²) in [5, 5.41) is 20.5. The summed E-state index contributed by atoms with van der Waals surface area (Å²) in [6, 6.07) is 20.0. The maximum Gasteiger partial charge on any atom is 0.153 e. The predicted molar refractivity (Wildman–Crippen MR) is 128 cm³/mol. The molecule has 4 aromatic rings. The van der Waals surface area contributed by atoms with E-state index in [1.54, 1.807) is 35.6 Å². The number of thiophene rings is 1. The molecule has 1 saturated heterocycles. The Morgan fingerprint density at radius 1 is 0.812 bits per heavy atom. The lowest BCUT2D eigenvalue weighted by Crippen LogP contribution is -2.25. The molecule has 1 aliphatic heterocycles. The first-order valence-electron chi connectivity index (χ1n) is 10.8. The Labute approximate surface area is 191 Å². The minimum absolute atomic E-state index is 0.218. The van der Waals surface area contributed by atoms with E-state index in [4.69, 9.17) is 9.47 Å². The van der Waals surface area contributed by atoms with Crippen molar-refractivity contribution in [3.8, 4) is 39.2 Å². The summed E-state index contributed by atoms with van der Waals surface area (Å²) in [5.74, 6) is 2.71. The van der Waals surface area contributed by atoms with Crippen LogP contribution >= 0.6 is 11.3 Å². The maximum absolute atomic E-state index is 9.91. The molecule has 0 bridgehead atoms. The lowest BCUT2D eigenvalue weighted by atomic mass is 10.1. The van der Waals surface area contributed by atoms with E-state index in [0.29, 0.717) is 12.4 Å². The standard InChI is InChI=1S/C26H25NO4S/c28-19-5-3-18(4-6-19)26-25(23-12-7-20(29)17-24(23)32-26)31-22-10-8-21(9-11-22)30-16-15-27-13-1-2-14-27/h3-12,17,28-29H,1-2,13-16H2. The van der Waals surface area contributed by atoms with E-state index >= 15 is 0 Å². The minimum atomic E-state index is 0.218. The first-order chi connectivity index (χ1) is 15.7. The van der Waals surface area contributed by atoms with Gasteiger partial charge in [0.25, 0.3) is 0 Å². The Hall–Kier alpha value is -3.22. The van der Waals surface area contributed by atoms with Crippen molar-refractivity contribution in [2.75, 3.05) is 26.2 Å². The fourth-order valence-corrected chi connectivity index (χ4v) is 5.15. The van der Waals surface area contributed by atoms with E-state index in [1.165, 1.54) is 25.9 Å². The van der Waals surface area contributed by atoms with Crippen molar-refractivity contribution in [1.29, 1.82) is 0 Å². The maximum atomic E-state index is 9.91. The van der Waals surface area contributed by atoms with Crippen molar-refractivity contribution in [3.63, 3.8) is 0 Å². The van der Waals surface area contributed by atoms with E-state index < -0.39 is 0 Å². The summed E-state index contributed by atoms with van der Waals surface area (Å²) < 4.78 is 13.2. The van der Waals surface area contributed by atoms with Crippen molar-refractivity contribution in [2.45, 2.75) is 12.8 Å². The van der Waals surface area contributed by atoms with E-state index in [0.717, 1.165) is 38.6 Å². The van der Waals surface area contributed by atoms with Crippen LogP contribution in [0.3, 0.4) is 0 Å². The second-order valence-electron chi connectivity index (χ2n) is 7.96. The number of fused-ring (bicyclic) bond motifs is 1. The average molecular weight is 448 g/mol. The van der Waals surface area contributed by atoms with Gasteiger partial charge in [0.1, 0.15) is 29.6 Å². The van der Waals surface area contributed by atoms with Gasteiger partial charge in [0.15, 0.2) is 5.75 Å². The average Bonchev–Trinajstić information content (AvgIpc) is 3.43. The van der Waals surface area contributed by atoms with Gasteiger partial charge in [-0.25, -0.2) is 0 Å². The lowest BCUT2D eigenvalue weighted by Gasteiger charge is -2.15. The first kappa shape index (κ1) is 20.7. The van der Waals surface area contributed by atoms with Crippen LogP contribution in [0.5, 0.6) is 28.7 Å². The smallest absolute Gasteiger partial charge is 0.153 e. The van der Waals surface area contributed by atoms with Crippen LogP contribution in [-0.4, -0.2) is 41.4 Å². The Morgan fingerprint density at radius 3 is 2.25 bits per heavy atom. The number of phenolic OH excluding ortho intramolecular Hbond substituents is 2. The van der Waals surface area contributed by atoms with E-state index in [-0.39, 0.29) is 11.5 Å². The molecular weight excluding hydrogens is 422 g/mol. The molecule has 3 aromatic carbocycles. The number of hydrogen-bond donors (Lipinski definition) is 2. The number of phenols is 2. The molecule has 5 rings (SSSR count). The molecule has 0 atom stereocenters.